The highest BCUT2D eigenvalue weighted by Gasteiger charge is 2.31. The van der Waals surface area contributed by atoms with Gasteiger partial charge in [0.2, 0.25) is 0 Å². The second-order valence-electron chi connectivity index (χ2n) is 6.60. The van der Waals surface area contributed by atoms with Crippen LogP contribution in [0.1, 0.15) is 5.56 Å². The number of halogens is 3. The van der Waals surface area contributed by atoms with Crippen molar-refractivity contribution >= 4 is 42.3 Å². The number of aromatic hydroxyl groups is 1. The van der Waals surface area contributed by atoms with Gasteiger partial charge in [0.05, 0.1) is 16.1 Å². The Labute approximate surface area is 179 Å². The molecule has 3 aromatic carbocycles. The van der Waals surface area contributed by atoms with Gasteiger partial charge in [0.25, 0.3) is 10.0 Å². The van der Waals surface area contributed by atoms with Crippen LogP contribution in [0.25, 0.3) is 10.8 Å². The molecule has 3 N–H and O–H groups in total. The van der Waals surface area contributed by atoms with Gasteiger partial charge in [-0.15, -0.1) is 0 Å². The highest BCUT2D eigenvalue weighted by atomic mass is 32.2. The van der Waals surface area contributed by atoms with Crippen LogP contribution in [0.4, 0.5) is 18.9 Å². The van der Waals surface area contributed by atoms with Gasteiger partial charge in [0, 0.05) is 10.8 Å². The maximum atomic E-state index is 12.7. The first-order valence-electron chi connectivity index (χ1n) is 8.62. The zero-order valence-electron chi connectivity index (χ0n) is 15.8. The fourth-order valence-electron chi connectivity index (χ4n) is 2.92. The maximum absolute atomic E-state index is 12.7. The minimum atomic E-state index is -4.67. The van der Waals surface area contributed by atoms with Gasteiger partial charge < -0.3 is 10.2 Å². The number of rotatable bonds is 6. The summed E-state index contributed by atoms with van der Waals surface area (Å²) in [6.45, 7) is 0. The molecule has 0 atom stereocenters. The van der Waals surface area contributed by atoms with Crippen molar-refractivity contribution in [3.8, 4) is 5.75 Å². The molecule has 3 aromatic rings. The summed E-state index contributed by atoms with van der Waals surface area (Å²) in [5.41, 5.74) is -1.38. The first kappa shape index (κ1) is 23.3. The number of hydrogen-bond donors (Lipinski definition) is 3. The summed E-state index contributed by atoms with van der Waals surface area (Å²) in [7, 11) is -9.03. The number of phenolic OH excluding ortho intramolecular Hbond substituents is 1. The third kappa shape index (κ3) is 4.62. The van der Waals surface area contributed by atoms with Crippen molar-refractivity contribution < 1.29 is 45.0 Å². The quantitative estimate of drug-likeness (QED) is 0.452. The molecule has 0 heterocycles. The Kier molecular flexibility index (Phi) is 5.82. The number of sulfone groups is 1. The first-order valence-corrected chi connectivity index (χ1v) is 11.8. The van der Waals surface area contributed by atoms with Crippen LogP contribution in [-0.4, -0.2) is 38.8 Å². The number of sulfonamides is 1. The van der Waals surface area contributed by atoms with E-state index in [9.17, 15) is 39.9 Å². The van der Waals surface area contributed by atoms with Gasteiger partial charge >= 0.3 is 12.1 Å². The number of benzene rings is 3. The highest BCUT2D eigenvalue weighted by molar-refractivity contribution is 7.93. The Balaban J connectivity index is 2.14. The van der Waals surface area contributed by atoms with Crippen LogP contribution in [-0.2, 0) is 30.8 Å². The minimum Gasteiger partial charge on any atom is -0.506 e. The van der Waals surface area contributed by atoms with Crippen LogP contribution in [0.2, 0.25) is 0 Å². The molecule has 0 radical (unpaired) electrons. The van der Waals surface area contributed by atoms with Crippen molar-refractivity contribution in [2.75, 3.05) is 10.5 Å². The number of alkyl halides is 3. The van der Waals surface area contributed by atoms with Crippen LogP contribution in [0.15, 0.2) is 64.4 Å². The lowest BCUT2D eigenvalue weighted by Crippen LogP contribution is -2.17. The molecule has 0 aromatic heterocycles. The molecule has 0 bridgehead atoms. The summed E-state index contributed by atoms with van der Waals surface area (Å²) < 4.78 is 90.6. The van der Waals surface area contributed by atoms with Crippen molar-refractivity contribution in [2.24, 2.45) is 0 Å². The van der Waals surface area contributed by atoms with E-state index in [1.54, 1.807) is 0 Å². The number of aliphatic carboxylic acids is 1. The van der Waals surface area contributed by atoms with Crippen LogP contribution < -0.4 is 4.72 Å². The minimum absolute atomic E-state index is 0.0785. The first-order chi connectivity index (χ1) is 14.7. The predicted molar refractivity (Wildman–Crippen MR) is 108 cm³/mol. The Bertz CT molecular complexity index is 1420. The van der Waals surface area contributed by atoms with E-state index in [4.69, 9.17) is 5.11 Å². The topological polar surface area (TPSA) is 138 Å². The predicted octanol–water partition coefficient (Wildman–Crippen LogP) is 3.22. The number of anilines is 1. The average Bonchev–Trinajstić information content (AvgIpc) is 2.68. The van der Waals surface area contributed by atoms with E-state index in [2.05, 4.69) is 4.72 Å². The van der Waals surface area contributed by atoms with E-state index in [1.165, 1.54) is 24.3 Å². The summed E-state index contributed by atoms with van der Waals surface area (Å²) >= 11 is 0. The standard InChI is InChI=1S/C19H14F3NO7S2/c20-19(21,22)11-5-7-12(8-6-11)32(29,30)23-15-9-16(31(27,28)10-17(24)25)18(26)14-4-2-1-3-13(14)15/h1-9,23,26H,10H2,(H,24,25). The zero-order chi connectivity index (χ0) is 23.9. The van der Waals surface area contributed by atoms with Crippen LogP contribution in [0.3, 0.4) is 0 Å². The Morgan fingerprint density at radius 3 is 2.03 bits per heavy atom. The van der Waals surface area contributed by atoms with Crippen molar-refractivity contribution in [2.45, 2.75) is 16.0 Å². The van der Waals surface area contributed by atoms with Crippen molar-refractivity contribution in [3.63, 3.8) is 0 Å². The molecule has 0 spiro atoms. The molecule has 13 heteroatoms. The van der Waals surface area contributed by atoms with E-state index < -0.39 is 58.9 Å². The number of fused-ring (bicyclic) bond motifs is 1. The largest absolute Gasteiger partial charge is 0.506 e. The van der Waals surface area contributed by atoms with Gasteiger partial charge in [-0.2, -0.15) is 13.2 Å². The van der Waals surface area contributed by atoms with E-state index in [-0.39, 0.29) is 16.5 Å². The van der Waals surface area contributed by atoms with E-state index >= 15 is 0 Å². The molecule has 0 fully saturated rings. The van der Waals surface area contributed by atoms with Crippen LogP contribution >= 0.6 is 0 Å². The third-order valence-corrected chi connectivity index (χ3v) is 7.36. The molecule has 0 aliphatic rings. The second-order valence-corrected chi connectivity index (χ2v) is 10.2. The number of hydrogen-bond acceptors (Lipinski definition) is 6. The normalized spacial score (nSPS) is 12.6. The number of carboxylic acids is 1. The Hall–Kier alpha value is -3.32. The van der Waals surface area contributed by atoms with Crippen molar-refractivity contribution in [3.05, 3.63) is 60.2 Å². The summed E-state index contributed by atoms with van der Waals surface area (Å²) in [4.78, 5) is 9.56. The molecular formula is C19H14F3NO7S2. The van der Waals surface area contributed by atoms with Crippen molar-refractivity contribution in [1.82, 2.24) is 0 Å². The summed E-state index contributed by atoms with van der Waals surface area (Å²) in [5.74, 6) is -3.81. The molecule has 32 heavy (non-hydrogen) atoms. The van der Waals surface area contributed by atoms with E-state index in [0.29, 0.717) is 12.1 Å². The number of phenols is 1. The summed E-state index contributed by atoms with van der Waals surface area (Å²) in [6, 6.07) is 8.95. The Morgan fingerprint density at radius 2 is 1.50 bits per heavy atom. The molecule has 3 rings (SSSR count). The van der Waals surface area contributed by atoms with Crippen LogP contribution in [0.5, 0.6) is 5.75 Å². The lowest BCUT2D eigenvalue weighted by Gasteiger charge is -2.15. The van der Waals surface area contributed by atoms with Gasteiger partial charge in [-0.3, -0.25) is 9.52 Å². The molecule has 8 nitrogen and oxygen atoms in total. The fraction of sp³-hybridized carbons (Fsp3) is 0.105. The molecular weight excluding hydrogens is 475 g/mol. The third-order valence-electron chi connectivity index (χ3n) is 4.37. The van der Waals surface area contributed by atoms with Gasteiger partial charge in [-0.05, 0) is 30.3 Å². The lowest BCUT2D eigenvalue weighted by molar-refractivity contribution is -0.137. The lowest BCUT2D eigenvalue weighted by atomic mass is 10.1. The monoisotopic (exact) mass is 489 g/mol. The van der Waals surface area contributed by atoms with E-state index in [0.717, 1.165) is 18.2 Å². The van der Waals surface area contributed by atoms with Gasteiger partial charge in [-0.1, -0.05) is 24.3 Å². The number of carboxylic acid groups (broad SMARTS) is 1. The van der Waals surface area contributed by atoms with Gasteiger partial charge in [-0.25, -0.2) is 16.8 Å². The molecule has 0 saturated carbocycles. The molecule has 0 unspecified atom stereocenters. The van der Waals surface area contributed by atoms with Gasteiger partial charge in [0.15, 0.2) is 15.6 Å². The van der Waals surface area contributed by atoms with Crippen LogP contribution in [0, 0.1) is 0 Å². The SMILES string of the molecule is O=C(O)CS(=O)(=O)c1cc(NS(=O)(=O)c2ccc(C(F)(F)F)cc2)c2ccccc2c1O. The molecule has 0 amide bonds. The molecule has 0 aliphatic heterocycles. The summed E-state index contributed by atoms with van der Waals surface area (Å²) in [6.07, 6.45) is -4.67. The van der Waals surface area contributed by atoms with Gasteiger partial charge in [0.1, 0.15) is 10.6 Å². The maximum Gasteiger partial charge on any atom is 0.416 e. The van der Waals surface area contributed by atoms with E-state index in [1.807, 2.05) is 0 Å². The second kappa shape index (κ2) is 7.98. The number of nitrogens with one attached hydrogen (secondary N) is 1. The van der Waals surface area contributed by atoms with Crippen molar-refractivity contribution in [1.29, 1.82) is 0 Å². The molecule has 170 valence electrons. The zero-order valence-corrected chi connectivity index (χ0v) is 17.4. The average molecular weight is 489 g/mol. The molecule has 0 saturated heterocycles. The molecule has 0 aliphatic carbocycles. The Morgan fingerprint density at radius 1 is 0.938 bits per heavy atom. The highest BCUT2D eigenvalue weighted by Crippen LogP contribution is 2.38. The smallest absolute Gasteiger partial charge is 0.416 e. The fourth-order valence-corrected chi connectivity index (χ4v) is 5.18. The number of carbonyl (C=O) groups is 1. The summed E-state index contributed by atoms with van der Waals surface area (Å²) in [5, 5.41) is 19.2.